The third-order valence-corrected chi connectivity index (χ3v) is 3.38. The van der Waals surface area contributed by atoms with Crippen LogP contribution in [-0.2, 0) is 18.9 Å². The predicted molar refractivity (Wildman–Crippen MR) is 83.2 cm³/mol. The Morgan fingerprint density at radius 2 is 1.59 bits per heavy atom. The minimum absolute atomic E-state index is 0.0463. The number of alkyl halides is 6. The van der Waals surface area contributed by atoms with Gasteiger partial charge in [0.25, 0.3) is 11.5 Å². The number of aryl methyl sites for hydroxylation is 1. The van der Waals surface area contributed by atoms with Crippen LogP contribution in [0.25, 0.3) is 0 Å². The van der Waals surface area contributed by atoms with E-state index in [1.807, 2.05) is 5.32 Å². The van der Waals surface area contributed by atoms with Gasteiger partial charge < -0.3 is 5.32 Å². The summed E-state index contributed by atoms with van der Waals surface area (Å²) >= 11 is 0. The molecule has 0 radical (unpaired) electrons. The summed E-state index contributed by atoms with van der Waals surface area (Å²) < 4.78 is 78.1. The van der Waals surface area contributed by atoms with Crippen molar-refractivity contribution in [3.05, 3.63) is 57.5 Å². The predicted octanol–water partition coefficient (Wildman–Crippen LogP) is 3.94. The number of carbonyl (C=O) groups excluding carboxylic acids is 1. The van der Waals surface area contributed by atoms with Gasteiger partial charge in [-0.15, -0.1) is 0 Å². The van der Waals surface area contributed by atoms with Crippen LogP contribution in [0.4, 0.5) is 32.0 Å². The Labute approximate surface area is 148 Å². The molecular formula is C16H13F6N3O2. The number of amides is 1. The Morgan fingerprint density at radius 3 is 2.07 bits per heavy atom. The number of rotatable bonds is 4. The van der Waals surface area contributed by atoms with E-state index in [4.69, 9.17) is 0 Å². The molecule has 0 aliphatic carbocycles. The fourth-order valence-corrected chi connectivity index (χ4v) is 2.16. The number of benzene rings is 1. The molecule has 2 rings (SSSR count). The summed E-state index contributed by atoms with van der Waals surface area (Å²) in [5.41, 5.74) is -4.63. The number of anilines is 1. The highest BCUT2D eigenvalue weighted by Gasteiger charge is 2.37. The molecular weight excluding hydrogens is 380 g/mol. The smallest absolute Gasteiger partial charge is 0.321 e. The standard InChI is InChI=1S/C16H13F6N3O2/c1-2-5-25-13(26)4-3-12(24-25)14(27)23-11-7-9(15(17,18)19)6-10(8-11)16(20,21)22/h3-4,6-8H,2,5H2,1H3,(H,23,27). The summed E-state index contributed by atoms with van der Waals surface area (Å²) in [7, 11) is 0. The molecule has 1 aromatic heterocycles. The molecule has 0 spiro atoms. The van der Waals surface area contributed by atoms with Crippen LogP contribution in [0.3, 0.4) is 0 Å². The first-order valence-corrected chi connectivity index (χ1v) is 7.61. The van der Waals surface area contributed by atoms with Gasteiger partial charge in [-0.25, -0.2) is 4.68 Å². The first-order chi connectivity index (χ1) is 12.4. The highest BCUT2D eigenvalue weighted by Crippen LogP contribution is 2.37. The van der Waals surface area contributed by atoms with Crippen molar-refractivity contribution in [2.75, 3.05) is 5.32 Å². The van der Waals surface area contributed by atoms with Crippen molar-refractivity contribution in [1.82, 2.24) is 9.78 Å². The number of hydrogen-bond acceptors (Lipinski definition) is 3. The molecule has 27 heavy (non-hydrogen) atoms. The second kappa shape index (κ2) is 7.41. The van der Waals surface area contributed by atoms with Crippen LogP contribution in [0.1, 0.15) is 35.0 Å². The number of aromatic nitrogens is 2. The average molecular weight is 393 g/mol. The summed E-state index contributed by atoms with van der Waals surface area (Å²) in [6, 6.07) is 2.78. The van der Waals surface area contributed by atoms with E-state index >= 15 is 0 Å². The molecule has 1 amide bonds. The maximum Gasteiger partial charge on any atom is 0.416 e. The molecule has 0 aliphatic rings. The molecule has 0 aliphatic heterocycles. The lowest BCUT2D eigenvalue weighted by atomic mass is 10.1. The Morgan fingerprint density at radius 1 is 1.04 bits per heavy atom. The van der Waals surface area contributed by atoms with Crippen molar-refractivity contribution in [2.45, 2.75) is 32.2 Å². The minimum atomic E-state index is -5.03. The fraction of sp³-hybridized carbons (Fsp3) is 0.312. The van der Waals surface area contributed by atoms with Gasteiger partial charge in [0, 0.05) is 18.3 Å². The van der Waals surface area contributed by atoms with Crippen LogP contribution in [0.15, 0.2) is 35.1 Å². The lowest BCUT2D eigenvalue weighted by molar-refractivity contribution is -0.143. The van der Waals surface area contributed by atoms with E-state index in [0.29, 0.717) is 18.6 Å². The Kier molecular flexibility index (Phi) is 5.62. The molecule has 0 fully saturated rings. The van der Waals surface area contributed by atoms with Crippen molar-refractivity contribution in [3.63, 3.8) is 0 Å². The monoisotopic (exact) mass is 393 g/mol. The number of nitrogens with zero attached hydrogens (tertiary/aromatic N) is 2. The molecule has 0 saturated carbocycles. The lowest BCUT2D eigenvalue weighted by Crippen LogP contribution is -2.26. The summed E-state index contributed by atoms with van der Waals surface area (Å²) in [4.78, 5) is 23.7. The molecule has 0 bridgehead atoms. The average Bonchev–Trinajstić information content (AvgIpc) is 2.55. The van der Waals surface area contributed by atoms with Gasteiger partial charge in [0.1, 0.15) is 5.69 Å². The van der Waals surface area contributed by atoms with Gasteiger partial charge in [-0.2, -0.15) is 31.4 Å². The number of carbonyl (C=O) groups is 1. The SMILES string of the molecule is CCCn1nc(C(=O)Nc2cc(C(F)(F)F)cc(C(F)(F)F)c2)ccc1=O. The number of halogens is 6. The molecule has 2 aromatic rings. The summed E-state index contributed by atoms with van der Waals surface area (Å²) in [6.07, 6.45) is -9.54. The summed E-state index contributed by atoms with van der Waals surface area (Å²) in [5, 5.41) is 5.70. The van der Waals surface area contributed by atoms with Crippen molar-refractivity contribution < 1.29 is 31.1 Å². The Hall–Kier alpha value is -2.85. The highest BCUT2D eigenvalue weighted by atomic mass is 19.4. The molecule has 1 N–H and O–H groups in total. The second-order valence-electron chi connectivity index (χ2n) is 5.53. The van der Waals surface area contributed by atoms with Crippen molar-refractivity contribution >= 4 is 11.6 Å². The molecule has 0 unspecified atom stereocenters. The molecule has 0 saturated heterocycles. The third kappa shape index (κ3) is 5.08. The first kappa shape index (κ1) is 20.5. The largest absolute Gasteiger partial charge is 0.416 e. The van der Waals surface area contributed by atoms with E-state index in [2.05, 4.69) is 5.10 Å². The highest BCUT2D eigenvalue weighted by molar-refractivity contribution is 6.02. The van der Waals surface area contributed by atoms with Gasteiger partial charge >= 0.3 is 12.4 Å². The first-order valence-electron chi connectivity index (χ1n) is 7.61. The van der Waals surface area contributed by atoms with Crippen molar-refractivity contribution in [3.8, 4) is 0 Å². The maximum absolute atomic E-state index is 12.8. The second-order valence-corrected chi connectivity index (χ2v) is 5.53. The van der Waals surface area contributed by atoms with Gasteiger partial charge in [-0.3, -0.25) is 9.59 Å². The van der Waals surface area contributed by atoms with Gasteiger partial charge in [-0.1, -0.05) is 6.92 Å². The van der Waals surface area contributed by atoms with Crippen LogP contribution >= 0.6 is 0 Å². The van der Waals surface area contributed by atoms with E-state index in [0.717, 1.165) is 16.8 Å². The fourth-order valence-electron chi connectivity index (χ4n) is 2.16. The van der Waals surface area contributed by atoms with Crippen molar-refractivity contribution in [2.24, 2.45) is 0 Å². The lowest BCUT2D eigenvalue weighted by Gasteiger charge is -2.14. The van der Waals surface area contributed by atoms with Gasteiger partial charge in [0.05, 0.1) is 11.1 Å². The zero-order valence-electron chi connectivity index (χ0n) is 13.8. The third-order valence-electron chi connectivity index (χ3n) is 3.38. The van der Waals surface area contributed by atoms with Gasteiger partial charge in [0.2, 0.25) is 0 Å². The Bertz CT molecular complexity index is 870. The van der Waals surface area contributed by atoms with E-state index in [9.17, 15) is 35.9 Å². The van der Waals surface area contributed by atoms with Crippen LogP contribution in [0.5, 0.6) is 0 Å². The normalized spacial score (nSPS) is 12.1. The zero-order valence-corrected chi connectivity index (χ0v) is 13.8. The van der Waals surface area contributed by atoms with Gasteiger partial charge in [0.15, 0.2) is 0 Å². The zero-order chi connectivity index (χ0) is 20.4. The number of nitrogens with one attached hydrogen (secondary N) is 1. The number of hydrogen-bond donors (Lipinski definition) is 1. The van der Waals surface area contributed by atoms with E-state index < -0.39 is 40.6 Å². The van der Waals surface area contributed by atoms with Crippen LogP contribution in [0, 0.1) is 0 Å². The molecule has 0 atom stereocenters. The van der Waals surface area contributed by atoms with E-state index in [-0.39, 0.29) is 18.3 Å². The van der Waals surface area contributed by atoms with Crippen LogP contribution in [-0.4, -0.2) is 15.7 Å². The molecule has 5 nitrogen and oxygen atoms in total. The summed E-state index contributed by atoms with van der Waals surface area (Å²) in [5.74, 6) is -1.05. The topological polar surface area (TPSA) is 64.0 Å². The van der Waals surface area contributed by atoms with E-state index in [1.54, 1.807) is 6.92 Å². The van der Waals surface area contributed by atoms with Crippen LogP contribution < -0.4 is 10.9 Å². The minimum Gasteiger partial charge on any atom is -0.321 e. The molecule has 146 valence electrons. The summed E-state index contributed by atoms with van der Waals surface area (Å²) in [6.45, 7) is 1.95. The van der Waals surface area contributed by atoms with Gasteiger partial charge in [-0.05, 0) is 30.7 Å². The van der Waals surface area contributed by atoms with Crippen molar-refractivity contribution in [1.29, 1.82) is 0 Å². The maximum atomic E-state index is 12.8. The molecule has 1 aromatic carbocycles. The Balaban J connectivity index is 2.40. The van der Waals surface area contributed by atoms with E-state index in [1.165, 1.54) is 0 Å². The molecule has 11 heteroatoms. The van der Waals surface area contributed by atoms with Crippen LogP contribution in [0.2, 0.25) is 0 Å². The quantitative estimate of drug-likeness (QED) is 0.801. The molecule has 1 heterocycles.